The number of hydrogen-bond acceptors (Lipinski definition) is 7. The SMILES string of the molecule is COn1c(=O)c(-c2c(Cl)cccc2Cl)cc2c(N)nc(-c3cccc(CN4CC[C@@H](O)C4)c3)nc21. The molecule has 1 aliphatic rings. The number of aliphatic hydroxyl groups is 1. The zero-order valence-electron chi connectivity index (χ0n) is 18.9. The number of nitrogen functional groups attached to an aromatic ring is 1. The summed E-state index contributed by atoms with van der Waals surface area (Å²) in [5, 5.41) is 10.9. The Morgan fingerprint density at radius 1 is 1.14 bits per heavy atom. The van der Waals surface area contributed by atoms with Crippen molar-refractivity contribution in [2.24, 2.45) is 0 Å². The Hall–Kier alpha value is -3.17. The normalized spacial score (nSPS) is 16.2. The minimum Gasteiger partial charge on any atom is -0.412 e. The van der Waals surface area contributed by atoms with E-state index < -0.39 is 5.56 Å². The molecule has 180 valence electrons. The molecule has 1 fully saturated rings. The Labute approximate surface area is 211 Å². The van der Waals surface area contributed by atoms with Crippen LogP contribution in [0.15, 0.2) is 53.3 Å². The molecule has 3 heterocycles. The molecule has 0 spiro atoms. The first-order valence-electron chi connectivity index (χ1n) is 11.1. The molecule has 8 nitrogen and oxygen atoms in total. The van der Waals surface area contributed by atoms with Crippen molar-refractivity contribution in [3.8, 4) is 22.5 Å². The lowest BCUT2D eigenvalue weighted by atomic mass is 10.1. The summed E-state index contributed by atoms with van der Waals surface area (Å²) in [4.78, 5) is 30.1. The van der Waals surface area contributed by atoms with Crippen LogP contribution in [-0.2, 0) is 6.54 Å². The number of fused-ring (bicyclic) bond motifs is 1. The molecule has 0 unspecified atom stereocenters. The summed E-state index contributed by atoms with van der Waals surface area (Å²) < 4.78 is 1.07. The maximum atomic E-state index is 13.3. The predicted octanol–water partition coefficient (Wildman–Crippen LogP) is 3.64. The van der Waals surface area contributed by atoms with Crippen LogP contribution in [0.25, 0.3) is 33.5 Å². The summed E-state index contributed by atoms with van der Waals surface area (Å²) in [6.07, 6.45) is 0.498. The fourth-order valence-corrected chi connectivity index (χ4v) is 5.04. The zero-order chi connectivity index (χ0) is 24.7. The van der Waals surface area contributed by atoms with Gasteiger partial charge in [0.1, 0.15) is 12.9 Å². The van der Waals surface area contributed by atoms with Gasteiger partial charge in [-0.15, -0.1) is 4.73 Å². The van der Waals surface area contributed by atoms with E-state index >= 15 is 0 Å². The van der Waals surface area contributed by atoms with Gasteiger partial charge in [0.2, 0.25) is 0 Å². The quantitative estimate of drug-likeness (QED) is 0.421. The molecule has 0 saturated carbocycles. The van der Waals surface area contributed by atoms with Crippen molar-refractivity contribution < 1.29 is 9.94 Å². The summed E-state index contributed by atoms with van der Waals surface area (Å²) >= 11 is 12.7. The summed E-state index contributed by atoms with van der Waals surface area (Å²) in [6.45, 7) is 2.21. The van der Waals surface area contributed by atoms with Gasteiger partial charge >= 0.3 is 0 Å². The third-order valence-corrected chi connectivity index (χ3v) is 6.73. The van der Waals surface area contributed by atoms with Crippen LogP contribution in [0, 0.1) is 0 Å². The number of hydrogen-bond donors (Lipinski definition) is 2. The van der Waals surface area contributed by atoms with Crippen molar-refractivity contribution in [3.63, 3.8) is 0 Å². The molecule has 4 aromatic rings. The number of rotatable bonds is 5. The number of aromatic nitrogens is 3. The topological polar surface area (TPSA) is 106 Å². The van der Waals surface area contributed by atoms with Gasteiger partial charge in [0.15, 0.2) is 11.5 Å². The number of aliphatic hydroxyl groups excluding tert-OH is 1. The van der Waals surface area contributed by atoms with Gasteiger partial charge in [-0.3, -0.25) is 9.69 Å². The summed E-state index contributed by atoms with van der Waals surface area (Å²) in [5.41, 5.74) is 8.55. The molecule has 2 aromatic heterocycles. The van der Waals surface area contributed by atoms with Crippen molar-refractivity contribution in [2.75, 3.05) is 25.9 Å². The van der Waals surface area contributed by atoms with Crippen molar-refractivity contribution in [1.82, 2.24) is 19.6 Å². The Morgan fingerprint density at radius 2 is 1.89 bits per heavy atom. The lowest BCUT2D eigenvalue weighted by molar-refractivity contribution is 0.168. The predicted molar refractivity (Wildman–Crippen MR) is 138 cm³/mol. The van der Waals surface area contributed by atoms with Crippen LogP contribution >= 0.6 is 23.2 Å². The van der Waals surface area contributed by atoms with Gasteiger partial charge in [0.25, 0.3) is 5.56 Å². The van der Waals surface area contributed by atoms with E-state index in [1.54, 1.807) is 24.3 Å². The van der Waals surface area contributed by atoms with E-state index in [-0.39, 0.29) is 23.1 Å². The molecule has 2 aromatic carbocycles. The Kier molecular flexibility index (Phi) is 6.37. The second-order valence-electron chi connectivity index (χ2n) is 8.48. The largest absolute Gasteiger partial charge is 0.412 e. The number of nitrogens with two attached hydrogens (primary N) is 1. The molecular weight excluding hydrogens is 489 g/mol. The van der Waals surface area contributed by atoms with Crippen LogP contribution in [0.5, 0.6) is 0 Å². The van der Waals surface area contributed by atoms with E-state index in [1.165, 1.54) is 7.11 Å². The van der Waals surface area contributed by atoms with Crippen molar-refractivity contribution in [1.29, 1.82) is 0 Å². The van der Waals surface area contributed by atoms with E-state index in [9.17, 15) is 9.90 Å². The number of pyridine rings is 1. The highest BCUT2D eigenvalue weighted by Gasteiger charge is 2.22. The van der Waals surface area contributed by atoms with Crippen molar-refractivity contribution in [3.05, 3.63) is 74.5 Å². The van der Waals surface area contributed by atoms with E-state index in [2.05, 4.69) is 14.9 Å². The summed E-state index contributed by atoms with van der Waals surface area (Å²) in [6, 6.07) is 14.4. The van der Waals surface area contributed by atoms with Gasteiger partial charge in [-0.2, -0.15) is 0 Å². The number of benzene rings is 2. The van der Waals surface area contributed by atoms with Crippen LogP contribution in [0.4, 0.5) is 5.82 Å². The molecule has 1 saturated heterocycles. The van der Waals surface area contributed by atoms with Gasteiger partial charge in [-0.25, -0.2) is 9.97 Å². The van der Waals surface area contributed by atoms with Gasteiger partial charge in [-0.1, -0.05) is 47.5 Å². The maximum Gasteiger partial charge on any atom is 0.293 e. The molecule has 0 radical (unpaired) electrons. The fraction of sp³-hybridized carbons (Fsp3) is 0.240. The van der Waals surface area contributed by atoms with Crippen molar-refractivity contribution >= 4 is 40.1 Å². The first kappa shape index (κ1) is 23.6. The van der Waals surface area contributed by atoms with Gasteiger partial charge in [0.05, 0.1) is 27.1 Å². The Morgan fingerprint density at radius 3 is 2.57 bits per heavy atom. The molecule has 10 heteroatoms. The van der Waals surface area contributed by atoms with Crippen LogP contribution < -0.4 is 16.1 Å². The summed E-state index contributed by atoms with van der Waals surface area (Å²) in [5.74, 6) is 0.556. The highest BCUT2D eigenvalue weighted by atomic mass is 35.5. The van der Waals surface area contributed by atoms with Gasteiger partial charge in [-0.05, 0) is 36.2 Å². The first-order valence-corrected chi connectivity index (χ1v) is 11.8. The smallest absolute Gasteiger partial charge is 0.293 e. The van der Waals surface area contributed by atoms with E-state index in [4.69, 9.17) is 33.8 Å². The average molecular weight is 512 g/mol. The molecule has 1 atom stereocenters. The first-order chi connectivity index (χ1) is 16.9. The minimum absolute atomic E-state index is 0.188. The van der Waals surface area contributed by atoms with E-state index in [1.807, 2.05) is 24.3 Å². The lowest BCUT2D eigenvalue weighted by Gasteiger charge is -2.16. The second-order valence-corrected chi connectivity index (χ2v) is 9.30. The molecule has 1 aliphatic heterocycles. The van der Waals surface area contributed by atoms with Crippen molar-refractivity contribution in [2.45, 2.75) is 19.1 Å². The minimum atomic E-state index is -0.472. The molecule has 0 amide bonds. The molecule has 0 bridgehead atoms. The molecular formula is C25H23Cl2N5O3. The molecule has 0 aliphatic carbocycles. The van der Waals surface area contributed by atoms with Crippen LogP contribution in [-0.4, -0.2) is 51.0 Å². The third kappa shape index (κ3) is 4.46. The maximum absolute atomic E-state index is 13.3. The van der Waals surface area contributed by atoms with Gasteiger partial charge in [0, 0.05) is 30.8 Å². The van der Waals surface area contributed by atoms with Crippen LogP contribution in [0.1, 0.15) is 12.0 Å². The zero-order valence-corrected chi connectivity index (χ0v) is 20.4. The second kappa shape index (κ2) is 9.47. The van der Waals surface area contributed by atoms with Crippen LogP contribution in [0.2, 0.25) is 10.0 Å². The monoisotopic (exact) mass is 511 g/mol. The Bertz CT molecular complexity index is 1470. The van der Waals surface area contributed by atoms with Gasteiger partial charge < -0.3 is 15.7 Å². The fourth-order valence-electron chi connectivity index (χ4n) is 4.43. The highest BCUT2D eigenvalue weighted by molar-refractivity contribution is 6.39. The van der Waals surface area contributed by atoms with E-state index in [0.717, 1.165) is 28.8 Å². The Balaban J connectivity index is 1.62. The number of likely N-dealkylation sites (tertiary alicyclic amines) is 1. The average Bonchev–Trinajstić information content (AvgIpc) is 3.24. The molecule has 5 rings (SSSR count). The number of halogens is 2. The molecule has 3 N–H and O–H groups in total. The number of β-amino-alcohol motifs (C(OH)–C–C–N with tert-alkyl or cyclic N) is 1. The molecule has 35 heavy (non-hydrogen) atoms. The lowest BCUT2D eigenvalue weighted by Crippen LogP contribution is -2.27. The number of nitrogens with zero attached hydrogens (tertiary/aromatic N) is 4. The van der Waals surface area contributed by atoms with E-state index in [0.29, 0.717) is 39.9 Å². The number of anilines is 1. The summed E-state index contributed by atoms with van der Waals surface area (Å²) in [7, 11) is 1.38. The van der Waals surface area contributed by atoms with Crippen LogP contribution in [0.3, 0.4) is 0 Å². The highest BCUT2D eigenvalue weighted by Crippen LogP contribution is 2.35. The third-order valence-electron chi connectivity index (χ3n) is 6.10. The standard InChI is InChI=1S/C25H23Cl2N5O3/c1-35-32-24-18(11-17(25(32)34)21-19(26)6-3-7-20(21)27)22(28)29-23(30-24)15-5-2-4-14(10-15)12-31-9-8-16(33)13-31/h2-7,10-11,16,33H,8-9,12-13H2,1H3,(H2,28,29,30)/t16-/m1/s1.